The van der Waals surface area contributed by atoms with E-state index < -0.39 is 11.8 Å². The van der Waals surface area contributed by atoms with Crippen LogP contribution in [0.5, 0.6) is 0 Å². The maximum absolute atomic E-state index is 14.5. The zero-order valence-corrected chi connectivity index (χ0v) is 17.9. The summed E-state index contributed by atoms with van der Waals surface area (Å²) < 4.78 is 19.9. The second-order valence-electron chi connectivity index (χ2n) is 8.45. The van der Waals surface area contributed by atoms with Gasteiger partial charge in [-0.25, -0.2) is 9.18 Å². The number of carbonyl (C=O) groups excluding carboxylic acids is 2. The van der Waals surface area contributed by atoms with Crippen molar-refractivity contribution in [1.29, 1.82) is 0 Å². The largest absolute Gasteiger partial charge is 0.457 e. The number of hydrogen-bond acceptors (Lipinski definition) is 4. The Morgan fingerprint density at radius 2 is 1.79 bits per heavy atom. The van der Waals surface area contributed by atoms with Crippen LogP contribution in [0, 0.1) is 11.7 Å². The second-order valence-corrected chi connectivity index (χ2v) is 8.45. The van der Waals surface area contributed by atoms with Crippen LogP contribution in [-0.4, -0.2) is 16.7 Å². The van der Waals surface area contributed by atoms with Crippen LogP contribution in [0.2, 0.25) is 0 Å². The Bertz CT molecular complexity index is 1340. The van der Waals surface area contributed by atoms with Gasteiger partial charge in [-0.15, -0.1) is 0 Å². The summed E-state index contributed by atoms with van der Waals surface area (Å²) in [7, 11) is 0. The lowest BCUT2D eigenvalue weighted by Gasteiger charge is -2.08. The summed E-state index contributed by atoms with van der Waals surface area (Å²) in [5.41, 5.74) is 2.52. The highest BCUT2D eigenvalue weighted by Crippen LogP contribution is 2.49. The van der Waals surface area contributed by atoms with E-state index in [4.69, 9.17) is 4.74 Å². The van der Waals surface area contributed by atoms with Crippen LogP contribution in [-0.2, 0) is 22.6 Å². The number of Topliss-reactive ketones (excluding diaryl/α,β-unsaturated/α-hetero) is 1. The van der Waals surface area contributed by atoms with Gasteiger partial charge >= 0.3 is 5.97 Å². The Labute approximate surface area is 191 Å². The third-order valence-electron chi connectivity index (χ3n) is 6.13. The predicted octanol–water partition coefficient (Wildman–Crippen LogP) is 5.65. The number of carbonyl (C=O) groups is 2. The Morgan fingerprint density at radius 1 is 0.939 bits per heavy atom. The molecule has 1 aliphatic rings. The molecular formula is C28H22FNO3. The molecule has 164 valence electrons. The molecule has 1 aliphatic carbocycles. The van der Waals surface area contributed by atoms with Crippen molar-refractivity contribution in [2.24, 2.45) is 5.92 Å². The Morgan fingerprint density at radius 3 is 2.64 bits per heavy atom. The maximum Gasteiger partial charge on any atom is 0.338 e. The summed E-state index contributed by atoms with van der Waals surface area (Å²) in [6, 6.07) is 21.4. The molecule has 0 aliphatic heterocycles. The zero-order valence-electron chi connectivity index (χ0n) is 17.9. The Hall–Kier alpha value is -3.86. The number of hydrogen-bond donors (Lipinski definition) is 0. The number of ketones is 1. The molecule has 0 spiro atoms. The van der Waals surface area contributed by atoms with Crippen molar-refractivity contribution in [3.8, 4) is 0 Å². The first-order valence-corrected chi connectivity index (χ1v) is 10.9. The van der Waals surface area contributed by atoms with E-state index in [1.165, 1.54) is 18.2 Å². The van der Waals surface area contributed by atoms with Crippen LogP contribution in [0.1, 0.15) is 39.4 Å². The fraction of sp³-hybridized carbons (Fsp3) is 0.179. The SMILES string of the molecule is O=C(OCc1ccccc1)c1ccc(F)c([C@@H]2C[C@H]2C(=O)Cc2ccc3cnccc3c2)c1. The monoisotopic (exact) mass is 439 g/mol. The van der Waals surface area contributed by atoms with Gasteiger partial charge in [0.15, 0.2) is 0 Å². The highest BCUT2D eigenvalue weighted by molar-refractivity contribution is 5.91. The van der Waals surface area contributed by atoms with Crippen LogP contribution in [0.15, 0.2) is 85.2 Å². The minimum absolute atomic E-state index is 0.0878. The summed E-state index contributed by atoms with van der Waals surface area (Å²) in [5, 5.41) is 2.06. The van der Waals surface area contributed by atoms with Gasteiger partial charge in [-0.3, -0.25) is 9.78 Å². The number of rotatable bonds is 7. The average molecular weight is 439 g/mol. The first-order valence-electron chi connectivity index (χ1n) is 10.9. The molecule has 1 saturated carbocycles. The third-order valence-corrected chi connectivity index (χ3v) is 6.13. The normalized spacial score (nSPS) is 17.0. The van der Waals surface area contributed by atoms with Gasteiger partial charge in [0.2, 0.25) is 0 Å². The van der Waals surface area contributed by atoms with E-state index in [0.717, 1.165) is 21.9 Å². The van der Waals surface area contributed by atoms with Crippen molar-refractivity contribution in [3.63, 3.8) is 0 Å². The molecule has 2 atom stereocenters. The van der Waals surface area contributed by atoms with Gasteiger partial charge in [-0.2, -0.15) is 0 Å². The topological polar surface area (TPSA) is 56.3 Å². The number of pyridine rings is 1. The van der Waals surface area contributed by atoms with E-state index in [2.05, 4.69) is 4.98 Å². The lowest BCUT2D eigenvalue weighted by Crippen LogP contribution is -2.08. The zero-order chi connectivity index (χ0) is 22.8. The van der Waals surface area contributed by atoms with E-state index in [1.807, 2.05) is 54.6 Å². The van der Waals surface area contributed by atoms with Crippen molar-refractivity contribution in [1.82, 2.24) is 4.98 Å². The van der Waals surface area contributed by atoms with Crippen LogP contribution in [0.3, 0.4) is 0 Å². The number of nitrogens with zero attached hydrogens (tertiary/aromatic N) is 1. The molecule has 0 radical (unpaired) electrons. The molecule has 1 heterocycles. The predicted molar refractivity (Wildman–Crippen MR) is 123 cm³/mol. The van der Waals surface area contributed by atoms with E-state index in [-0.39, 0.29) is 24.2 Å². The molecule has 5 heteroatoms. The van der Waals surface area contributed by atoms with Crippen molar-refractivity contribution in [3.05, 3.63) is 113 Å². The molecule has 0 N–H and O–H groups in total. The quantitative estimate of drug-likeness (QED) is 0.350. The summed E-state index contributed by atoms with van der Waals surface area (Å²) >= 11 is 0. The highest BCUT2D eigenvalue weighted by Gasteiger charge is 2.44. The number of halogens is 1. The molecule has 0 bridgehead atoms. The van der Waals surface area contributed by atoms with E-state index >= 15 is 0 Å². The number of benzene rings is 3. The summed E-state index contributed by atoms with van der Waals surface area (Å²) in [4.78, 5) is 29.4. The molecular weight excluding hydrogens is 417 g/mol. The molecule has 3 aromatic carbocycles. The van der Waals surface area contributed by atoms with E-state index in [9.17, 15) is 14.0 Å². The molecule has 1 fully saturated rings. The second kappa shape index (κ2) is 8.94. The van der Waals surface area contributed by atoms with Gasteiger partial charge in [0.05, 0.1) is 5.56 Å². The van der Waals surface area contributed by atoms with Crippen molar-refractivity contribution in [2.75, 3.05) is 0 Å². The molecule has 4 aromatic rings. The first-order chi connectivity index (χ1) is 16.1. The Kier molecular flexibility index (Phi) is 5.69. The van der Waals surface area contributed by atoms with Gasteiger partial charge in [-0.05, 0) is 58.7 Å². The third kappa shape index (κ3) is 4.67. The van der Waals surface area contributed by atoms with E-state index in [1.54, 1.807) is 12.4 Å². The molecule has 0 saturated heterocycles. The van der Waals surface area contributed by atoms with Gasteiger partial charge in [0.25, 0.3) is 0 Å². The summed E-state index contributed by atoms with van der Waals surface area (Å²) in [6.45, 7) is 0.152. The summed E-state index contributed by atoms with van der Waals surface area (Å²) in [5.74, 6) is -1.25. The average Bonchev–Trinajstić information content (AvgIpc) is 3.64. The van der Waals surface area contributed by atoms with Crippen molar-refractivity contribution < 1.29 is 18.7 Å². The van der Waals surface area contributed by atoms with Crippen LogP contribution >= 0.6 is 0 Å². The molecule has 0 amide bonds. The molecule has 1 aromatic heterocycles. The number of aromatic nitrogens is 1. The smallest absolute Gasteiger partial charge is 0.338 e. The fourth-order valence-corrected chi connectivity index (χ4v) is 4.23. The van der Waals surface area contributed by atoms with Gasteiger partial charge in [0.1, 0.15) is 18.2 Å². The molecule has 0 unspecified atom stereocenters. The molecule has 4 nitrogen and oxygen atoms in total. The van der Waals surface area contributed by atoms with Crippen molar-refractivity contribution >= 4 is 22.5 Å². The van der Waals surface area contributed by atoms with Gasteiger partial charge in [-0.1, -0.05) is 48.5 Å². The maximum atomic E-state index is 14.5. The number of esters is 1. The van der Waals surface area contributed by atoms with Crippen LogP contribution in [0.25, 0.3) is 10.8 Å². The molecule has 5 rings (SSSR count). The first kappa shape index (κ1) is 21.0. The number of fused-ring (bicyclic) bond motifs is 1. The lowest BCUT2D eigenvalue weighted by atomic mass is 9.99. The van der Waals surface area contributed by atoms with Gasteiger partial charge < -0.3 is 4.74 Å². The molecule has 33 heavy (non-hydrogen) atoms. The van der Waals surface area contributed by atoms with Crippen LogP contribution in [0.4, 0.5) is 4.39 Å². The Balaban J connectivity index is 1.25. The standard InChI is InChI=1S/C28H22FNO3/c29-26-9-8-21(28(32)33-17-18-4-2-1-3-5-18)14-24(26)23-15-25(23)27(31)13-19-6-7-22-16-30-11-10-20(22)12-19/h1-12,14,16,23,25H,13,15,17H2/t23-,25+/m0/s1. The fourth-order valence-electron chi connectivity index (χ4n) is 4.23. The number of ether oxygens (including phenoxy) is 1. The lowest BCUT2D eigenvalue weighted by molar-refractivity contribution is -0.119. The van der Waals surface area contributed by atoms with Crippen LogP contribution < -0.4 is 0 Å². The van der Waals surface area contributed by atoms with E-state index in [0.29, 0.717) is 24.0 Å². The van der Waals surface area contributed by atoms with Gasteiger partial charge in [0, 0.05) is 30.1 Å². The van der Waals surface area contributed by atoms with Crippen molar-refractivity contribution in [2.45, 2.75) is 25.4 Å². The summed E-state index contributed by atoms with van der Waals surface area (Å²) in [6.07, 6.45) is 4.42. The minimum atomic E-state index is -0.505. The minimum Gasteiger partial charge on any atom is -0.457 e. The highest BCUT2D eigenvalue weighted by atomic mass is 19.1.